The number of benzene rings is 1. The molecule has 1 aromatic carbocycles. The Kier molecular flexibility index (Phi) is 5.87. The van der Waals surface area contributed by atoms with E-state index in [1.54, 1.807) is 0 Å². The summed E-state index contributed by atoms with van der Waals surface area (Å²) in [5.41, 5.74) is -3.42. The lowest BCUT2D eigenvalue weighted by molar-refractivity contribution is -0.150. The molecule has 0 bridgehead atoms. The maximum absolute atomic E-state index is 14.3. The summed E-state index contributed by atoms with van der Waals surface area (Å²) in [6, 6.07) is -0.779. The van der Waals surface area contributed by atoms with Crippen molar-refractivity contribution >= 4 is 5.91 Å². The molecule has 180 valence electrons. The molecule has 0 saturated carbocycles. The molecule has 4 rings (SSSR count). The van der Waals surface area contributed by atoms with Crippen LogP contribution in [0.4, 0.5) is 35.1 Å². The molecule has 1 atom stereocenters. The van der Waals surface area contributed by atoms with Crippen LogP contribution in [0.5, 0.6) is 0 Å². The van der Waals surface area contributed by atoms with E-state index in [9.17, 15) is 39.9 Å². The summed E-state index contributed by atoms with van der Waals surface area (Å²) in [7, 11) is 0. The molecule has 3 heterocycles. The summed E-state index contributed by atoms with van der Waals surface area (Å²) in [4.78, 5) is 15.1. The third-order valence-electron chi connectivity index (χ3n) is 5.82. The van der Waals surface area contributed by atoms with Crippen LogP contribution in [0.1, 0.15) is 58.2 Å². The van der Waals surface area contributed by atoms with E-state index in [1.165, 1.54) is 4.90 Å². The highest BCUT2D eigenvalue weighted by Gasteiger charge is 2.48. The van der Waals surface area contributed by atoms with Crippen LogP contribution in [0.2, 0.25) is 0 Å². The fraction of sp³-hybridized carbons (Fsp3) is 0.500. The molecule has 13 heteroatoms. The lowest BCUT2D eigenvalue weighted by Gasteiger charge is -2.30. The molecule has 1 amide bonds. The fourth-order valence-electron chi connectivity index (χ4n) is 4.50. The van der Waals surface area contributed by atoms with Crippen molar-refractivity contribution in [3.63, 3.8) is 0 Å². The summed E-state index contributed by atoms with van der Waals surface area (Å²) in [5, 5.41) is 6.33. The van der Waals surface area contributed by atoms with Crippen molar-refractivity contribution in [2.45, 2.75) is 44.2 Å². The van der Waals surface area contributed by atoms with Gasteiger partial charge in [0.2, 0.25) is 0 Å². The average molecular weight is 482 g/mol. The first kappa shape index (κ1) is 23.5. The number of amides is 1. The van der Waals surface area contributed by atoms with E-state index in [-0.39, 0.29) is 17.0 Å². The summed E-state index contributed by atoms with van der Waals surface area (Å²) >= 11 is 0. The summed E-state index contributed by atoms with van der Waals surface area (Å²) < 4.78 is 109. The van der Waals surface area contributed by atoms with Gasteiger partial charge < -0.3 is 4.90 Å². The van der Waals surface area contributed by atoms with E-state index in [0.29, 0.717) is 43.0 Å². The molecule has 1 saturated heterocycles. The maximum Gasteiger partial charge on any atom is 0.419 e. The van der Waals surface area contributed by atoms with Crippen LogP contribution < -0.4 is 0 Å². The molecule has 5 nitrogen and oxygen atoms in total. The number of piperidine rings is 1. The van der Waals surface area contributed by atoms with Crippen molar-refractivity contribution < 1.29 is 39.9 Å². The SMILES string of the molecule is O=C(c1n[nH]c2c1C(c1ccc(F)c(F)c1C(F)(F)F)N(CC(F)(F)F)C2)N1CCCCC1. The largest absolute Gasteiger partial charge is 0.419 e. The first-order chi connectivity index (χ1) is 15.4. The van der Waals surface area contributed by atoms with Crippen molar-refractivity contribution in [3.8, 4) is 0 Å². The van der Waals surface area contributed by atoms with Gasteiger partial charge in [0.1, 0.15) is 0 Å². The zero-order chi connectivity index (χ0) is 24.1. The minimum Gasteiger partial charge on any atom is -0.337 e. The van der Waals surface area contributed by atoms with Crippen LogP contribution in [-0.4, -0.2) is 51.7 Å². The molecular formula is C20H18F8N4O. The summed E-state index contributed by atoms with van der Waals surface area (Å²) in [5.74, 6) is -4.64. The van der Waals surface area contributed by atoms with Crippen LogP contribution in [0, 0.1) is 11.6 Å². The Morgan fingerprint density at radius 1 is 1.06 bits per heavy atom. The predicted octanol–water partition coefficient (Wildman–Crippen LogP) is 4.80. The van der Waals surface area contributed by atoms with Gasteiger partial charge in [-0.2, -0.15) is 31.4 Å². The molecule has 0 spiro atoms. The zero-order valence-corrected chi connectivity index (χ0v) is 17.0. The van der Waals surface area contributed by atoms with Gasteiger partial charge in [-0.1, -0.05) is 6.07 Å². The monoisotopic (exact) mass is 482 g/mol. The van der Waals surface area contributed by atoms with Crippen LogP contribution in [0.25, 0.3) is 0 Å². The molecular weight excluding hydrogens is 464 g/mol. The second-order valence-electron chi connectivity index (χ2n) is 8.06. The van der Waals surface area contributed by atoms with E-state index in [1.807, 2.05) is 0 Å². The van der Waals surface area contributed by atoms with Crippen molar-refractivity contribution in [2.24, 2.45) is 0 Å². The van der Waals surface area contributed by atoms with Gasteiger partial charge in [-0.25, -0.2) is 8.78 Å². The van der Waals surface area contributed by atoms with Gasteiger partial charge >= 0.3 is 12.4 Å². The van der Waals surface area contributed by atoms with Gasteiger partial charge in [0.15, 0.2) is 17.3 Å². The van der Waals surface area contributed by atoms with Gasteiger partial charge in [-0.3, -0.25) is 14.8 Å². The minimum absolute atomic E-state index is 0.0162. The van der Waals surface area contributed by atoms with Gasteiger partial charge in [0.25, 0.3) is 5.91 Å². The van der Waals surface area contributed by atoms with Crippen molar-refractivity contribution in [1.29, 1.82) is 0 Å². The maximum atomic E-state index is 14.3. The number of likely N-dealkylation sites (tertiary alicyclic amines) is 1. The Balaban J connectivity index is 1.87. The Labute approximate surface area is 182 Å². The molecule has 2 aromatic rings. The number of H-pyrrole nitrogens is 1. The number of aromatic nitrogens is 2. The second kappa shape index (κ2) is 8.26. The van der Waals surface area contributed by atoms with Crippen molar-refractivity contribution in [2.75, 3.05) is 19.6 Å². The van der Waals surface area contributed by atoms with Crippen LogP contribution >= 0.6 is 0 Å². The molecule has 1 unspecified atom stereocenters. The standard InChI is InChI=1S/C20H18F8N4O/c21-11-5-4-10(14(15(11)22)20(26,27)28)17-13-12(8-32(17)9-19(23,24)25)29-30-16(13)18(33)31-6-2-1-3-7-31/h4-5,17H,1-3,6-9H2,(H,29,30). The highest BCUT2D eigenvalue weighted by atomic mass is 19.4. The molecule has 1 aromatic heterocycles. The average Bonchev–Trinajstić information content (AvgIpc) is 3.26. The molecule has 1 fully saturated rings. The molecule has 1 N–H and O–H groups in total. The number of aromatic amines is 1. The predicted molar refractivity (Wildman–Crippen MR) is 98.0 cm³/mol. The molecule has 33 heavy (non-hydrogen) atoms. The number of alkyl halides is 6. The Morgan fingerprint density at radius 2 is 1.73 bits per heavy atom. The van der Waals surface area contributed by atoms with Gasteiger partial charge in [-0.05, 0) is 30.9 Å². The van der Waals surface area contributed by atoms with E-state index in [0.717, 1.165) is 6.42 Å². The Hall–Kier alpha value is -2.70. The Bertz CT molecular complexity index is 1060. The lowest BCUT2D eigenvalue weighted by atomic mass is 9.93. The molecule has 0 radical (unpaired) electrons. The number of carbonyl (C=O) groups is 1. The number of hydrogen-bond acceptors (Lipinski definition) is 3. The van der Waals surface area contributed by atoms with Crippen LogP contribution in [0.3, 0.4) is 0 Å². The van der Waals surface area contributed by atoms with Crippen LogP contribution in [0.15, 0.2) is 12.1 Å². The quantitative estimate of drug-likeness (QED) is 0.640. The smallest absolute Gasteiger partial charge is 0.337 e. The Morgan fingerprint density at radius 3 is 2.33 bits per heavy atom. The third kappa shape index (κ3) is 4.42. The van der Waals surface area contributed by atoms with E-state index in [4.69, 9.17) is 0 Å². The lowest BCUT2D eigenvalue weighted by Crippen LogP contribution is -2.38. The number of hydrogen-bond donors (Lipinski definition) is 1. The van der Waals surface area contributed by atoms with Gasteiger partial charge in [-0.15, -0.1) is 0 Å². The van der Waals surface area contributed by atoms with Crippen molar-refractivity contribution in [3.05, 3.63) is 51.8 Å². The number of rotatable bonds is 3. The topological polar surface area (TPSA) is 52.2 Å². The summed E-state index contributed by atoms with van der Waals surface area (Å²) in [6.07, 6.45) is -7.92. The zero-order valence-electron chi connectivity index (χ0n) is 17.0. The van der Waals surface area contributed by atoms with Crippen LogP contribution in [-0.2, 0) is 12.7 Å². The first-order valence-electron chi connectivity index (χ1n) is 10.1. The number of fused-ring (bicyclic) bond motifs is 1. The second-order valence-corrected chi connectivity index (χ2v) is 8.06. The van der Waals surface area contributed by atoms with E-state index < -0.39 is 60.2 Å². The number of halogens is 8. The van der Waals surface area contributed by atoms with E-state index in [2.05, 4.69) is 10.2 Å². The van der Waals surface area contributed by atoms with Gasteiger partial charge in [0, 0.05) is 25.2 Å². The van der Waals surface area contributed by atoms with Gasteiger partial charge in [0.05, 0.1) is 23.8 Å². The molecule has 2 aliphatic heterocycles. The first-order valence-corrected chi connectivity index (χ1v) is 10.1. The summed E-state index contributed by atoms with van der Waals surface area (Å²) in [6.45, 7) is -1.39. The number of nitrogens with one attached hydrogen (secondary N) is 1. The third-order valence-corrected chi connectivity index (χ3v) is 5.82. The number of carbonyl (C=O) groups excluding carboxylic acids is 1. The van der Waals surface area contributed by atoms with E-state index >= 15 is 0 Å². The number of nitrogens with zero attached hydrogens (tertiary/aromatic N) is 3. The van der Waals surface area contributed by atoms with Crippen molar-refractivity contribution in [1.82, 2.24) is 20.0 Å². The highest BCUT2D eigenvalue weighted by molar-refractivity contribution is 5.94. The fourth-order valence-corrected chi connectivity index (χ4v) is 4.50. The normalized spacial score (nSPS) is 19.8. The highest BCUT2D eigenvalue weighted by Crippen LogP contribution is 2.46. The minimum atomic E-state index is -5.39. The molecule has 2 aliphatic rings. The molecule has 0 aliphatic carbocycles.